The summed E-state index contributed by atoms with van der Waals surface area (Å²) in [7, 11) is 0.394. The lowest BCUT2D eigenvalue weighted by Gasteiger charge is -2.15. The van der Waals surface area contributed by atoms with Crippen LogP contribution in [0, 0.1) is 12.7 Å². The molecule has 10 heteroatoms. The first kappa shape index (κ1) is 28.6. The molecule has 8 nitrogen and oxygen atoms in total. The Bertz CT molecular complexity index is 1280. The van der Waals surface area contributed by atoms with Crippen LogP contribution in [0.2, 0.25) is 0 Å². The van der Waals surface area contributed by atoms with Gasteiger partial charge in [-0.3, -0.25) is 0 Å². The number of carbonyl (C=O) groups excluding carboxylic acids is 1. The van der Waals surface area contributed by atoms with Crippen molar-refractivity contribution in [2.75, 3.05) is 27.9 Å². The maximum atomic E-state index is 13.2. The van der Waals surface area contributed by atoms with Gasteiger partial charge in [0.05, 0.1) is 21.3 Å². The molecule has 0 unspecified atom stereocenters. The second kappa shape index (κ2) is 13.5. The minimum atomic E-state index is -4.23. The number of ether oxygens (including phenoxy) is 3. The largest absolute Gasteiger partial charge is 0.493 e. The van der Waals surface area contributed by atoms with Crippen LogP contribution in [-0.4, -0.2) is 42.6 Å². The number of hydrogen-bond donors (Lipinski definition) is 1. The summed E-state index contributed by atoms with van der Waals surface area (Å²) in [6, 6.07) is 13.5. The lowest BCUT2D eigenvalue weighted by molar-refractivity contribution is -0.107. The molecule has 36 heavy (non-hydrogen) atoms. The highest BCUT2D eigenvalue weighted by Crippen LogP contribution is 2.35. The molecule has 194 valence electrons. The summed E-state index contributed by atoms with van der Waals surface area (Å²) in [5.74, 6) is 1.01. The van der Waals surface area contributed by atoms with Crippen molar-refractivity contribution in [2.45, 2.75) is 24.7 Å². The third kappa shape index (κ3) is 7.43. The zero-order chi connectivity index (χ0) is 26.7. The van der Waals surface area contributed by atoms with Crippen molar-refractivity contribution in [3.05, 3.63) is 77.1 Å². The van der Waals surface area contributed by atoms with E-state index in [0.29, 0.717) is 24.0 Å². The van der Waals surface area contributed by atoms with Crippen LogP contribution in [0.4, 0.5) is 4.39 Å². The van der Waals surface area contributed by atoms with Crippen molar-refractivity contribution < 1.29 is 36.0 Å². The zero-order valence-corrected chi connectivity index (χ0v) is 21.4. The van der Waals surface area contributed by atoms with E-state index < -0.39 is 15.9 Å². The van der Waals surface area contributed by atoms with Gasteiger partial charge in [-0.1, -0.05) is 18.2 Å². The molecule has 0 aliphatic heterocycles. The molecule has 0 fully saturated rings. The Morgan fingerprint density at radius 1 is 0.917 bits per heavy atom. The van der Waals surface area contributed by atoms with Crippen LogP contribution in [0.15, 0.2) is 59.5 Å². The molecule has 3 rings (SSSR count). The summed E-state index contributed by atoms with van der Waals surface area (Å²) in [4.78, 5) is 10.4. The van der Waals surface area contributed by atoms with Gasteiger partial charge in [-0.05, 0) is 67.4 Å². The molecule has 0 aromatic heterocycles. The van der Waals surface area contributed by atoms with E-state index in [1.54, 1.807) is 27.2 Å². The van der Waals surface area contributed by atoms with Gasteiger partial charge in [-0.15, -0.1) is 0 Å². The molecule has 0 saturated heterocycles. The van der Waals surface area contributed by atoms with Gasteiger partial charge in [-0.25, -0.2) is 4.39 Å². The molecule has 0 radical (unpaired) electrons. The number of hydrogen-bond acceptors (Lipinski definition) is 8. The molecule has 2 N–H and O–H groups in total. The monoisotopic (exact) mass is 519 g/mol. The average Bonchev–Trinajstić information content (AvgIpc) is 2.87. The third-order valence-electron chi connectivity index (χ3n) is 5.16. The highest BCUT2D eigenvalue weighted by Gasteiger charge is 2.22. The summed E-state index contributed by atoms with van der Waals surface area (Å²) in [6.45, 7) is 2.27. The highest BCUT2D eigenvalue weighted by atomic mass is 32.2. The lowest BCUT2D eigenvalue weighted by Crippen LogP contribution is -2.12. The Labute approximate surface area is 210 Å². The molecule has 0 bridgehead atoms. The minimum absolute atomic E-state index is 0.0175. The fourth-order valence-electron chi connectivity index (χ4n) is 3.27. The van der Waals surface area contributed by atoms with E-state index in [1.165, 1.54) is 30.9 Å². The molecule has 0 aliphatic rings. The summed E-state index contributed by atoms with van der Waals surface area (Å²) >= 11 is 0. The molecular formula is C26H30FNO7S. The molecular weight excluding hydrogens is 489 g/mol. The van der Waals surface area contributed by atoms with E-state index in [0.717, 1.165) is 30.1 Å². The maximum absolute atomic E-state index is 13.2. The first-order valence-corrected chi connectivity index (χ1v) is 12.3. The zero-order valence-electron chi connectivity index (χ0n) is 20.6. The van der Waals surface area contributed by atoms with Crippen LogP contribution < -0.4 is 24.1 Å². The Morgan fingerprint density at radius 3 is 2.17 bits per heavy atom. The Hall–Kier alpha value is -3.63. The minimum Gasteiger partial charge on any atom is -0.493 e. The van der Waals surface area contributed by atoms with Crippen molar-refractivity contribution in [1.29, 1.82) is 0 Å². The van der Waals surface area contributed by atoms with Crippen molar-refractivity contribution in [3.63, 3.8) is 0 Å². The molecule has 3 aromatic rings. The molecule has 0 saturated carbocycles. The van der Waals surface area contributed by atoms with Gasteiger partial charge >= 0.3 is 10.1 Å². The molecule has 0 aliphatic carbocycles. The Morgan fingerprint density at radius 2 is 1.58 bits per heavy atom. The molecule has 0 heterocycles. The molecule has 3 aromatic carbocycles. The number of halogens is 1. The van der Waals surface area contributed by atoms with Crippen molar-refractivity contribution in [2.24, 2.45) is 5.73 Å². The van der Waals surface area contributed by atoms with Gasteiger partial charge in [0.25, 0.3) is 0 Å². The van der Waals surface area contributed by atoms with Crippen LogP contribution in [0.25, 0.3) is 0 Å². The first-order chi connectivity index (χ1) is 17.2. The third-order valence-corrected chi connectivity index (χ3v) is 6.38. The number of benzene rings is 3. The second-order valence-electron chi connectivity index (χ2n) is 7.47. The van der Waals surface area contributed by atoms with Crippen molar-refractivity contribution >= 4 is 16.4 Å². The quantitative estimate of drug-likeness (QED) is 0.317. The first-order valence-electron chi connectivity index (χ1n) is 10.9. The van der Waals surface area contributed by atoms with Crippen LogP contribution in [-0.2, 0) is 27.8 Å². The van der Waals surface area contributed by atoms with E-state index in [-0.39, 0.29) is 22.8 Å². The predicted molar refractivity (Wildman–Crippen MR) is 134 cm³/mol. The SMILES string of the molecule is COc1ccc(CC=O)c(C)c1OS(=O)(=O)c1cccc(F)c1.COc1ccc(CCN)cc1OC. The Kier molecular flexibility index (Phi) is 10.7. The van der Waals surface area contributed by atoms with Crippen molar-refractivity contribution in [3.8, 4) is 23.0 Å². The molecule has 0 amide bonds. The average molecular weight is 520 g/mol. The second-order valence-corrected chi connectivity index (χ2v) is 9.02. The van der Waals surface area contributed by atoms with E-state index in [1.807, 2.05) is 18.2 Å². The predicted octanol–water partition coefficient (Wildman–Crippen LogP) is 3.86. The van der Waals surface area contributed by atoms with E-state index >= 15 is 0 Å². The number of nitrogens with two attached hydrogens (primary N) is 1. The van der Waals surface area contributed by atoms with Gasteiger partial charge < -0.3 is 28.9 Å². The summed E-state index contributed by atoms with van der Waals surface area (Å²) in [5.41, 5.74) is 7.70. The molecule has 0 atom stereocenters. The van der Waals surface area contributed by atoms with E-state index in [4.69, 9.17) is 24.1 Å². The Balaban J connectivity index is 0.000000297. The fraction of sp³-hybridized carbons (Fsp3) is 0.269. The van der Waals surface area contributed by atoms with E-state index in [2.05, 4.69) is 0 Å². The lowest BCUT2D eigenvalue weighted by atomic mass is 10.0. The molecule has 0 spiro atoms. The van der Waals surface area contributed by atoms with Crippen LogP contribution in [0.5, 0.6) is 23.0 Å². The number of methoxy groups -OCH3 is 3. The van der Waals surface area contributed by atoms with Gasteiger partial charge in [0.15, 0.2) is 23.0 Å². The van der Waals surface area contributed by atoms with Crippen LogP contribution in [0.3, 0.4) is 0 Å². The summed E-state index contributed by atoms with van der Waals surface area (Å²) in [5, 5.41) is 0. The van der Waals surface area contributed by atoms with Crippen molar-refractivity contribution in [1.82, 2.24) is 0 Å². The van der Waals surface area contributed by atoms with Crippen LogP contribution >= 0.6 is 0 Å². The number of aldehydes is 1. The maximum Gasteiger partial charge on any atom is 0.339 e. The van der Waals surface area contributed by atoms with E-state index in [9.17, 15) is 17.6 Å². The number of carbonyl (C=O) groups is 1. The van der Waals surface area contributed by atoms with Gasteiger partial charge in [0.1, 0.15) is 17.0 Å². The fourth-order valence-corrected chi connectivity index (χ4v) is 4.29. The van der Waals surface area contributed by atoms with Crippen LogP contribution in [0.1, 0.15) is 16.7 Å². The summed E-state index contributed by atoms with van der Waals surface area (Å²) in [6.07, 6.45) is 1.69. The highest BCUT2D eigenvalue weighted by molar-refractivity contribution is 7.87. The summed E-state index contributed by atoms with van der Waals surface area (Å²) < 4.78 is 58.4. The number of rotatable bonds is 10. The smallest absolute Gasteiger partial charge is 0.339 e. The van der Waals surface area contributed by atoms with Gasteiger partial charge in [0.2, 0.25) is 0 Å². The normalized spacial score (nSPS) is 10.6. The van der Waals surface area contributed by atoms with Gasteiger partial charge in [0, 0.05) is 12.0 Å². The standard InChI is InChI=1S/C16H15FO5S.C10H15NO2/c1-11-12(8-9-18)6-7-15(21-2)16(11)22-23(19,20)14-5-3-4-13(17)10-14;1-12-9-4-3-8(5-6-11)7-10(9)13-2/h3-7,9-10H,8H2,1-2H3;3-4,7H,5-6,11H2,1-2H3. The topological polar surface area (TPSA) is 114 Å². The van der Waals surface area contributed by atoms with Gasteiger partial charge in [-0.2, -0.15) is 8.42 Å².